The number of hydrogen-bond donors (Lipinski definition) is 1. The average molecular weight is 383 g/mol. The summed E-state index contributed by atoms with van der Waals surface area (Å²) in [7, 11) is -2.14. The van der Waals surface area contributed by atoms with Crippen LogP contribution in [0.3, 0.4) is 0 Å². The third-order valence-electron chi connectivity index (χ3n) is 3.37. The Balaban J connectivity index is 1.95. The van der Waals surface area contributed by atoms with E-state index in [1.165, 1.54) is 30.4 Å². The SMILES string of the molecule is CC(=O)Nc1ccc(S(=O)(=O)N(C)CCOc2ccc(Cl)cc2)cc1. The summed E-state index contributed by atoms with van der Waals surface area (Å²) in [6.07, 6.45) is 0. The molecule has 134 valence electrons. The smallest absolute Gasteiger partial charge is 0.242 e. The molecule has 0 aliphatic rings. The molecule has 2 rings (SSSR count). The molecule has 2 aromatic rings. The van der Waals surface area contributed by atoms with E-state index in [0.29, 0.717) is 16.5 Å². The summed E-state index contributed by atoms with van der Waals surface area (Å²) in [5.41, 5.74) is 0.542. The number of nitrogens with zero attached hydrogens (tertiary/aromatic N) is 1. The quantitative estimate of drug-likeness (QED) is 0.798. The van der Waals surface area contributed by atoms with Gasteiger partial charge in [-0.2, -0.15) is 4.31 Å². The van der Waals surface area contributed by atoms with Crippen LogP contribution in [0, 0.1) is 0 Å². The Bertz CT molecular complexity index is 821. The van der Waals surface area contributed by atoms with Gasteiger partial charge in [-0.05, 0) is 48.5 Å². The van der Waals surface area contributed by atoms with E-state index in [0.717, 1.165) is 0 Å². The summed E-state index contributed by atoms with van der Waals surface area (Å²) in [4.78, 5) is 11.1. The van der Waals surface area contributed by atoms with Crippen molar-refractivity contribution in [3.63, 3.8) is 0 Å². The van der Waals surface area contributed by atoms with Crippen LogP contribution in [0.1, 0.15) is 6.92 Å². The van der Waals surface area contributed by atoms with E-state index in [-0.39, 0.29) is 24.0 Å². The molecule has 0 radical (unpaired) electrons. The van der Waals surface area contributed by atoms with Gasteiger partial charge in [0, 0.05) is 31.2 Å². The van der Waals surface area contributed by atoms with Crippen LogP contribution in [-0.4, -0.2) is 38.8 Å². The fraction of sp³-hybridized carbons (Fsp3) is 0.235. The van der Waals surface area contributed by atoms with Gasteiger partial charge in [0.1, 0.15) is 12.4 Å². The fourth-order valence-corrected chi connectivity index (χ4v) is 3.32. The third kappa shape index (κ3) is 5.45. The number of carbonyl (C=O) groups is 1. The fourth-order valence-electron chi connectivity index (χ4n) is 2.04. The lowest BCUT2D eigenvalue weighted by Crippen LogP contribution is -2.31. The van der Waals surface area contributed by atoms with Gasteiger partial charge < -0.3 is 10.1 Å². The molecule has 0 aliphatic heterocycles. The molecule has 0 bridgehead atoms. The average Bonchev–Trinajstić information content (AvgIpc) is 2.56. The lowest BCUT2D eigenvalue weighted by atomic mass is 10.3. The van der Waals surface area contributed by atoms with Crippen LogP contribution < -0.4 is 10.1 Å². The van der Waals surface area contributed by atoms with E-state index in [1.807, 2.05) is 0 Å². The van der Waals surface area contributed by atoms with Crippen molar-refractivity contribution in [3.05, 3.63) is 53.6 Å². The molecule has 0 atom stereocenters. The molecule has 0 saturated carbocycles. The summed E-state index contributed by atoms with van der Waals surface area (Å²) in [5.74, 6) is 0.405. The summed E-state index contributed by atoms with van der Waals surface area (Å²) in [6, 6.07) is 12.9. The summed E-state index contributed by atoms with van der Waals surface area (Å²) >= 11 is 5.80. The van der Waals surface area contributed by atoms with Gasteiger partial charge in [0.15, 0.2) is 0 Å². The molecule has 0 unspecified atom stereocenters. The minimum Gasteiger partial charge on any atom is -0.492 e. The van der Waals surface area contributed by atoms with Gasteiger partial charge >= 0.3 is 0 Å². The lowest BCUT2D eigenvalue weighted by Gasteiger charge is -2.17. The predicted octanol–water partition coefficient (Wildman–Crippen LogP) is 3.00. The van der Waals surface area contributed by atoms with Crippen molar-refractivity contribution in [3.8, 4) is 5.75 Å². The molecule has 25 heavy (non-hydrogen) atoms. The summed E-state index contributed by atoms with van der Waals surface area (Å²) < 4.78 is 31.8. The zero-order valence-electron chi connectivity index (χ0n) is 13.9. The second kappa shape index (κ2) is 8.33. The highest BCUT2D eigenvalue weighted by atomic mass is 35.5. The van der Waals surface area contributed by atoms with E-state index < -0.39 is 10.0 Å². The van der Waals surface area contributed by atoms with Gasteiger partial charge in [-0.25, -0.2) is 8.42 Å². The molecule has 2 aromatic carbocycles. The molecule has 8 heteroatoms. The topological polar surface area (TPSA) is 75.7 Å². The normalized spacial score (nSPS) is 11.4. The molecular weight excluding hydrogens is 364 g/mol. The Morgan fingerprint density at radius 3 is 2.28 bits per heavy atom. The molecule has 0 aliphatic carbocycles. The predicted molar refractivity (Wildman–Crippen MR) is 97.5 cm³/mol. The highest BCUT2D eigenvalue weighted by Crippen LogP contribution is 2.18. The van der Waals surface area contributed by atoms with E-state index in [1.54, 1.807) is 36.4 Å². The number of sulfonamides is 1. The first-order chi connectivity index (χ1) is 11.8. The van der Waals surface area contributed by atoms with E-state index in [4.69, 9.17) is 16.3 Å². The molecule has 0 spiro atoms. The number of likely N-dealkylation sites (N-methyl/N-ethyl adjacent to an activating group) is 1. The number of carbonyl (C=O) groups excluding carboxylic acids is 1. The number of hydrogen-bond acceptors (Lipinski definition) is 4. The first kappa shape index (κ1) is 19.2. The first-order valence-corrected chi connectivity index (χ1v) is 9.33. The van der Waals surface area contributed by atoms with Crippen molar-refractivity contribution in [1.29, 1.82) is 0 Å². The highest BCUT2D eigenvalue weighted by molar-refractivity contribution is 7.89. The second-order valence-corrected chi connectivity index (χ2v) is 7.82. The van der Waals surface area contributed by atoms with Crippen LogP contribution in [0.25, 0.3) is 0 Å². The maximum atomic E-state index is 12.5. The standard InChI is InChI=1S/C17H19ClN2O4S/c1-13(21)19-15-5-9-17(10-6-15)25(22,23)20(2)11-12-24-16-7-3-14(18)4-8-16/h3-10H,11-12H2,1-2H3,(H,19,21). The number of amides is 1. The minimum atomic E-state index is -3.63. The molecule has 0 fully saturated rings. The van der Waals surface area contributed by atoms with Crippen LogP contribution in [0.5, 0.6) is 5.75 Å². The zero-order chi connectivity index (χ0) is 18.4. The second-order valence-electron chi connectivity index (χ2n) is 5.33. The van der Waals surface area contributed by atoms with Crippen LogP contribution in [-0.2, 0) is 14.8 Å². The number of ether oxygens (including phenoxy) is 1. The molecule has 1 N–H and O–H groups in total. The molecule has 1 amide bonds. The third-order valence-corrected chi connectivity index (χ3v) is 5.49. The Morgan fingerprint density at radius 2 is 1.72 bits per heavy atom. The van der Waals surface area contributed by atoms with Crippen LogP contribution in [0.4, 0.5) is 5.69 Å². The van der Waals surface area contributed by atoms with Crippen molar-refractivity contribution in [2.45, 2.75) is 11.8 Å². The molecule has 0 heterocycles. The summed E-state index contributed by atoms with van der Waals surface area (Å²) in [6.45, 7) is 1.79. The van der Waals surface area contributed by atoms with Crippen molar-refractivity contribution in [2.24, 2.45) is 0 Å². The van der Waals surface area contributed by atoms with E-state index >= 15 is 0 Å². The Morgan fingerprint density at radius 1 is 1.12 bits per heavy atom. The van der Waals surface area contributed by atoms with Crippen molar-refractivity contribution in [1.82, 2.24) is 4.31 Å². The maximum absolute atomic E-state index is 12.5. The maximum Gasteiger partial charge on any atom is 0.242 e. The Labute approximate surface area is 152 Å². The van der Waals surface area contributed by atoms with E-state index in [9.17, 15) is 13.2 Å². The van der Waals surface area contributed by atoms with Gasteiger partial charge in [-0.1, -0.05) is 11.6 Å². The Hall–Kier alpha value is -2.09. The number of nitrogens with one attached hydrogen (secondary N) is 1. The van der Waals surface area contributed by atoms with Crippen molar-refractivity contribution >= 4 is 33.2 Å². The zero-order valence-corrected chi connectivity index (χ0v) is 15.5. The van der Waals surface area contributed by atoms with Gasteiger partial charge in [-0.3, -0.25) is 4.79 Å². The van der Waals surface area contributed by atoms with Gasteiger partial charge in [0.05, 0.1) is 4.90 Å². The number of anilines is 1. The number of benzene rings is 2. The molecular formula is C17H19ClN2O4S. The van der Waals surface area contributed by atoms with Gasteiger partial charge in [-0.15, -0.1) is 0 Å². The molecule has 0 saturated heterocycles. The monoisotopic (exact) mass is 382 g/mol. The highest BCUT2D eigenvalue weighted by Gasteiger charge is 2.20. The van der Waals surface area contributed by atoms with Gasteiger partial charge in [0.25, 0.3) is 0 Å². The van der Waals surface area contributed by atoms with Crippen LogP contribution in [0.2, 0.25) is 5.02 Å². The summed E-state index contributed by atoms with van der Waals surface area (Å²) in [5, 5.41) is 3.20. The molecule has 0 aromatic heterocycles. The first-order valence-electron chi connectivity index (χ1n) is 7.51. The minimum absolute atomic E-state index is 0.149. The lowest BCUT2D eigenvalue weighted by molar-refractivity contribution is -0.114. The van der Waals surface area contributed by atoms with E-state index in [2.05, 4.69) is 5.32 Å². The van der Waals surface area contributed by atoms with Gasteiger partial charge in [0.2, 0.25) is 15.9 Å². The largest absolute Gasteiger partial charge is 0.492 e. The number of halogens is 1. The molecule has 6 nitrogen and oxygen atoms in total. The van der Waals surface area contributed by atoms with Crippen LogP contribution >= 0.6 is 11.6 Å². The number of rotatable bonds is 7. The van der Waals surface area contributed by atoms with Crippen molar-refractivity contribution < 1.29 is 17.9 Å². The van der Waals surface area contributed by atoms with Crippen molar-refractivity contribution in [2.75, 3.05) is 25.5 Å². The van der Waals surface area contributed by atoms with Crippen LogP contribution in [0.15, 0.2) is 53.4 Å². The Kier molecular flexibility index (Phi) is 6.41.